The van der Waals surface area contributed by atoms with E-state index in [9.17, 15) is 9.59 Å². The lowest BCUT2D eigenvalue weighted by Crippen LogP contribution is -2.28. The standard InChI is InChI=1S/C21H22N6O2/c1-13-6-4-9-18(14(13)2)27-12-16(11-19(27)28)21(29)22-17-8-5-7-15(10-17)20-23-24-25-26(20)3/h4-10,16H,11-12H2,1-3H3,(H,22,29)/t16-/m1/s1. The average molecular weight is 390 g/mol. The van der Waals surface area contributed by atoms with Crippen LogP contribution in [-0.2, 0) is 16.6 Å². The van der Waals surface area contributed by atoms with Crippen LogP contribution in [0.15, 0.2) is 42.5 Å². The smallest absolute Gasteiger partial charge is 0.229 e. The van der Waals surface area contributed by atoms with Gasteiger partial charge < -0.3 is 10.2 Å². The van der Waals surface area contributed by atoms with Crippen molar-refractivity contribution < 1.29 is 9.59 Å². The number of nitrogens with one attached hydrogen (secondary N) is 1. The summed E-state index contributed by atoms with van der Waals surface area (Å²) in [4.78, 5) is 27.1. The Hall–Kier alpha value is -3.55. The van der Waals surface area contributed by atoms with Crippen LogP contribution in [0.4, 0.5) is 11.4 Å². The van der Waals surface area contributed by atoms with E-state index in [0.717, 1.165) is 22.4 Å². The number of aromatic nitrogens is 4. The van der Waals surface area contributed by atoms with Gasteiger partial charge in [0, 0.05) is 37.0 Å². The summed E-state index contributed by atoms with van der Waals surface area (Å²) in [6, 6.07) is 13.2. The summed E-state index contributed by atoms with van der Waals surface area (Å²) in [5.41, 5.74) is 4.51. The topological polar surface area (TPSA) is 93.0 Å². The number of tetrazole rings is 1. The van der Waals surface area contributed by atoms with E-state index in [0.29, 0.717) is 18.1 Å². The molecule has 1 fully saturated rings. The van der Waals surface area contributed by atoms with E-state index in [2.05, 4.69) is 20.8 Å². The molecule has 3 aromatic rings. The highest BCUT2D eigenvalue weighted by Gasteiger charge is 2.35. The average Bonchev–Trinajstić information content (AvgIpc) is 3.30. The van der Waals surface area contributed by atoms with E-state index in [1.54, 1.807) is 16.6 Å². The van der Waals surface area contributed by atoms with Crippen molar-refractivity contribution in [3.8, 4) is 11.4 Å². The second-order valence-corrected chi connectivity index (χ2v) is 7.32. The van der Waals surface area contributed by atoms with Crippen LogP contribution in [0.5, 0.6) is 0 Å². The van der Waals surface area contributed by atoms with Gasteiger partial charge in [0.2, 0.25) is 11.8 Å². The quantitative estimate of drug-likeness (QED) is 0.739. The predicted molar refractivity (Wildman–Crippen MR) is 109 cm³/mol. The summed E-state index contributed by atoms with van der Waals surface area (Å²) < 4.78 is 1.57. The number of rotatable bonds is 4. The Bertz CT molecular complexity index is 1090. The summed E-state index contributed by atoms with van der Waals surface area (Å²) in [6.45, 7) is 4.39. The van der Waals surface area contributed by atoms with E-state index in [1.165, 1.54) is 0 Å². The molecule has 8 heteroatoms. The maximum absolute atomic E-state index is 12.8. The fourth-order valence-electron chi connectivity index (χ4n) is 3.60. The second kappa shape index (κ2) is 7.46. The van der Waals surface area contributed by atoms with Crippen LogP contribution in [0.1, 0.15) is 17.5 Å². The van der Waals surface area contributed by atoms with Crippen LogP contribution in [-0.4, -0.2) is 38.6 Å². The molecule has 29 heavy (non-hydrogen) atoms. The summed E-state index contributed by atoms with van der Waals surface area (Å²) in [5.74, 6) is 0.0120. The molecule has 148 valence electrons. The van der Waals surface area contributed by atoms with Crippen LogP contribution < -0.4 is 10.2 Å². The minimum absolute atomic E-state index is 0.0299. The Morgan fingerprint density at radius 2 is 1.97 bits per heavy atom. The first kappa shape index (κ1) is 18.8. The summed E-state index contributed by atoms with van der Waals surface area (Å²) in [5, 5.41) is 14.4. The van der Waals surface area contributed by atoms with E-state index in [4.69, 9.17) is 0 Å². The molecule has 1 saturated heterocycles. The SMILES string of the molecule is Cc1cccc(N2C[C@H](C(=O)Nc3cccc(-c4nnnn4C)c3)CC2=O)c1C. The highest BCUT2D eigenvalue weighted by atomic mass is 16.2. The first-order valence-corrected chi connectivity index (χ1v) is 9.44. The van der Waals surface area contributed by atoms with Crippen molar-refractivity contribution in [2.45, 2.75) is 20.3 Å². The number of nitrogens with zero attached hydrogens (tertiary/aromatic N) is 5. The normalized spacial score (nSPS) is 16.3. The van der Waals surface area contributed by atoms with Crippen molar-refractivity contribution >= 4 is 23.2 Å². The van der Waals surface area contributed by atoms with Crippen molar-refractivity contribution in [3.63, 3.8) is 0 Å². The van der Waals surface area contributed by atoms with Gasteiger partial charge >= 0.3 is 0 Å². The van der Waals surface area contributed by atoms with Gasteiger partial charge in [-0.1, -0.05) is 24.3 Å². The van der Waals surface area contributed by atoms with E-state index < -0.39 is 5.92 Å². The molecule has 2 heterocycles. The zero-order valence-electron chi connectivity index (χ0n) is 16.6. The molecule has 0 aliphatic carbocycles. The molecule has 2 amide bonds. The van der Waals surface area contributed by atoms with Crippen molar-refractivity contribution in [2.24, 2.45) is 13.0 Å². The molecule has 0 bridgehead atoms. The van der Waals surface area contributed by atoms with Crippen molar-refractivity contribution in [2.75, 3.05) is 16.8 Å². The molecule has 0 spiro atoms. The minimum atomic E-state index is -0.400. The van der Waals surface area contributed by atoms with Gasteiger partial charge in [0.1, 0.15) is 0 Å². The first-order chi connectivity index (χ1) is 13.9. The monoisotopic (exact) mass is 390 g/mol. The molecule has 8 nitrogen and oxygen atoms in total. The first-order valence-electron chi connectivity index (χ1n) is 9.44. The third kappa shape index (κ3) is 3.61. The van der Waals surface area contributed by atoms with Crippen LogP contribution >= 0.6 is 0 Å². The molecule has 1 aliphatic rings. The lowest BCUT2D eigenvalue weighted by Gasteiger charge is -2.20. The molecule has 0 radical (unpaired) electrons. The molecule has 0 unspecified atom stereocenters. The number of hydrogen-bond acceptors (Lipinski definition) is 5. The Labute approximate surface area is 168 Å². The molecular weight excluding hydrogens is 368 g/mol. The molecule has 2 aromatic carbocycles. The Morgan fingerprint density at radius 3 is 2.72 bits per heavy atom. The van der Waals surface area contributed by atoms with E-state index in [1.807, 2.05) is 56.3 Å². The highest BCUT2D eigenvalue weighted by molar-refractivity contribution is 6.04. The summed E-state index contributed by atoms with van der Waals surface area (Å²) >= 11 is 0. The number of carbonyl (C=O) groups is 2. The van der Waals surface area contributed by atoms with Gasteiger partial charge in [-0.05, 0) is 53.6 Å². The number of benzene rings is 2. The summed E-state index contributed by atoms with van der Waals surface area (Å²) in [6.07, 6.45) is 0.201. The van der Waals surface area contributed by atoms with Crippen LogP contribution in [0.3, 0.4) is 0 Å². The fourth-order valence-corrected chi connectivity index (χ4v) is 3.60. The molecule has 1 atom stereocenters. The number of aryl methyl sites for hydroxylation is 2. The van der Waals surface area contributed by atoms with E-state index in [-0.39, 0.29) is 18.2 Å². The summed E-state index contributed by atoms with van der Waals surface area (Å²) in [7, 11) is 1.76. The third-order valence-corrected chi connectivity index (χ3v) is 5.37. The van der Waals surface area contributed by atoms with Crippen LogP contribution in [0, 0.1) is 19.8 Å². The minimum Gasteiger partial charge on any atom is -0.326 e. The van der Waals surface area contributed by atoms with Crippen molar-refractivity contribution in [1.82, 2.24) is 20.2 Å². The van der Waals surface area contributed by atoms with E-state index >= 15 is 0 Å². The predicted octanol–water partition coefficient (Wildman–Crippen LogP) is 2.49. The van der Waals surface area contributed by atoms with Gasteiger partial charge in [0.05, 0.1) is 5.92 Å². The number of anilines is 2. The molecule has 4 rings (SSSR count). The third-order valence-electron chi connectivity index (χ3n) is 5.37. The Morgan fingerprint density at radius 1 is 1.17 bits per heavy atom. The number of amides is 2. The van der Waals surface area contributed by atoms with Gasteiger partial charge in [-0.2, -0.15) is 0 Å². The lowest BCUT2D eigenvalue weighted by atomic mass is 10.1. The fraction of sp³-hybridized carbons (Fsp3) is 0.286. The number of carbonyl (C=O) groups excluding carboxylic acids is 2. The molecule has 1 aromatic heterocycles. The maximum Gasteiger partial charge on any atom is 0.229 e. The molecule has 0 saturated carbocycles. The van der Waals surface area contributed by atoms with Gasteiger partial charge in [-0.25, -0.2) is 4.68 Å². The van der Waals surface area contributed by atoms with Gasteiger partial charge in [-0.15, -0.1) is 5.10 Å². The second-order valence-electron chi connectivity index (χ2n) is 7.32. The zero-order chi connectivity index (χ0) is 20.5. The van der Waals surface area contributed by atoms with Crippen molar-refractivity contribution in [3.05, 3.63) is 53.6 Å². The molecular formula is C21H22N6O2. The van der Waals surface area contributed by atoms with Gasteiger partial charge in [0.25, 0.3) is 0 Å². The van der Waals surface area contributed by atoms with Crippen LogP contribution in [0.25, 0.3) is 11.4 Å². The molecule has 1 N–H and O–H groups in total. The van der Waals surface area contributed by atoms with Gasteiger partial charge in [0.15, 0.2) is 5.82 Å². The zero-order valence-corrected chi connectivity index (χ0v) is 16.6. The van der Waals surface area contributed by atoms with Crippen molar-refractivity contribution in [1.29, 1.82) is 0 Å². The van der Waals surface area contributed by atoms with Crippen LogP contribution in [0.2, 0.25) is 0 Å². The number of hydrogen-bond donors (Lipinski definition) is 1. The Balaban J connectivity index is 1.49. The maximum atomic E-state index is 12.8. The molecule has 1 aliphatic heterocycles. The highest BCUT2D eigenvalue weighted by Crippen LogP contribution is 2.30. The Kier molecular flexibility index (Phi) is 4.84. The lowest BCUT2D eigenvalue weighted by molar-refractivity contribution is -0.122. The van der Waals surface area contributed by atoms with Gasteiger partial charge in [-0.3, -0.25) is 9.59 Å². The largest absolute Gasteiger partial charge is 0.326 e.